The Morgan fingerprint density at radius 3 is 2.78 bits per heavy atom. The topological polar surface area (TPSA) is 114 Å². The summed E-state index contributed by atoms with van der Waals surface area (Å²) in [6, 6.07) is 0. The maximum atomic E-state index is 11.8. The van der Waals surface area contributed by atoms with Crippen molar-refractivity contribution in [3.63, 3.8) is 0 Å². The van der Waals surface area contributed by atoms with Crippen LogP contribution in [0.2, 0.25) is 0 Å². The lowest BCUT2D eigenvalue weighted by molar-refractivity contribution is -0.152. The molecule has 2 bridgehead atoms. The summed E-state index contributed by atoms with van der Waals surface area (Å²) >= 11 is 0. The van der Waals surface area contributed by atoms with E-state index in [4.69, 9.17) is 0 Å². The second kappa shape index (κ2) is 3.56. The zero-order valence-electron chi connectivity index (χ0n) is 9.21. The van der Waals surface area contributed by atoms with Gasteiger partial charge in [0, 0.05) is 12.1 Å². The van der Waals surface area contributed by atoms with Crippen LogP contribution in [0.25, 0.3) is 0 Å². The Kier molecular flexibility index (Phi) is 2.12. The molecule has 0 atom stereocenters. The van der Waals surface area contributed by atoms with Crippen LogP contribution in [-0.4, -0.2) is 38.4 Å². The first-order chi connectivity index (χ1) is 8.61. The molecule has 2 saturated heterocycles. The van der Waals surface area contributed by atoms with E-state index < -0.39 is 17.4 Å². The standard InChI is InChI=1S/C10H9N5O3/c16-7-5-3-10(4-5,9(18)13-7)14-8(17)6-11-1-2-12-15-6/h1-2,5H,3-4H2,(H,14,17)(H,13,16,18). The first kappa shape index (κ1) is 10.8. The van der Waals surface area contributed by atoms with E-state index in [1.165, 1.54) is 12.4 Å². The number of nitrogens with one attached hydrogen (secondary N) is 2. The molecule has 0 radical (unpaired) electrons. The molecule has 2 N–H and O–H groups in total. The Bertz CT molecular complexity index is 538. The Hall–Kier alpha value is -2.38. The quantitative estimate of drug-likeness (QED) is 0.609. The van der Waals surface area contributed by atoms with Gasteiger partial charge < -0.3 is 5.32 Å². The number of rotatable bonds is 2. The number of aromatic nitrogens is 3. The lowest BCUT2D eigenvalue weighted by atomic mass is 9.64. The minimum Gasteiger partial charge on any atom is -0.335 e. The van der Waals surface area contributed by atoms with Crippen molar-refractivity contribution in [3.8, 4) is 0 Å². The van der Waals surface area contributed by atoms with Crippen LogP contribution in [0.15, 0.2) is 12.4 Å². The van der Waals surface area contributed by atoms with Crippen molar-refractivity contribution in [2.24, 2.45) is 5.92 Å². The van der Waals surface area contributed by atoms with Crippen molar-refractivity contribution in [3.05, 3.63) is 18.2 Å². The number of fused-ring (bicyclic) bond motifs is 2. The molecule has 4 rings (SSSR count). The molecule has 0 spiro atoms. The summed E-state index contributed by atoms with van der Waals surface area (Å²) in [7, 11) is 0. The fourth-order valence-corrected chi connectivity index (χ4v) is 2.27. The largest absolute Gasteiger partial charge is 0.335 e. The minimum absolute atomic E-state index is 0.0972. The van der Waals surface area contributed by atoms with E-state index >= 15 is 0 Å². The summed E-state index contributed by atoms with van der Waals surface area (Å²) in [5.74, 6) is -1.59. The maximum absolute atomic E-state index is 11.8. The van der Waals surface area contributed by atoms with Gasteiger partial charge in [-0.2, -0.15) is 5.10 Å². The van der Waals surface area contributed by atoms with Crippen LogP contribution < -0.4 is 10.6 Å². The van der Waals surface area contributed by atoms with Crippen molar-refractivity contribution >= 4 is 17.7 Å². The number of hydrogen-bond donors (Lipinski definition) is 2. The van der Waals surface area contributed by atoms with Gasteiger partial charge in [0.05, 0.1) is 6.20 Å². The average molecular weight is 247 g/mol. The van der Waals surface area contributed by atoms with Gasteiger partial charge in [-0.3, -0.25) is 19.7 Å². The Labute approximate surface area is 101 Å². The van der Waals surface area contributed by atoms with Crippen LogP contribution in [0, 0.1) is 5.92 Å². The molecule has 1 aromatic heterocycles. The van der Waals surface area contributed by atoms with Crippen molar-refractivity contribution < 1.29 is 14.4 Å². The fourth-order valence-electron chi connectivity index (χ4n) is 2.27. The number of carbonyl (C=O) groups is 3. The van der Waals surface area contributed by atoms with Gasteiger partial charge in [-0.25, -0.2) is 4.98 Å². The molecule has 3 amide bonds. The molecule has 3 fully saturated rings. The van der Waals surface area contributed by atoms with E-state index in [0.29, 0.717) is 12.8 Å². The van der Waals surface area contributed by atoms with Crippen LogP contribution in [0.1, 0.15) is 23.5 Å². The Morgan fingerprint density at radius 1 is 1.39 bits per heavy atom. The molecule has 3 heterocycles. The van der Waals surface area contributed by atoms with Crippen molar-refractivity contribution in [1.29, 1.82) is 0 Å². The second-order valence-corrected chi connectivity index (χ2v) is 4.43. The van der Waals surface area contributed by atoms with E-state index in [-0.39, 0.29) is 17.6 Å². The third-order valence-electron chi connectivity index (χ3n) is 3.27. The first-order valence-corrected chi connectivity index (χ1v) is 5.42. The summed E-state index contributed by atoms with van der Waals surface area (Å²) in [5, 5.41) is 11.9. The van der Waals surface area contributed by atoms with Gasteiger partial charge in [-0.05, 0) is 12.8 Å². The van der Waals surface area contributed by atoms with Crippen molar-refractivity contribution in [1.82, 2.24) is 25.8 Å². The lowest BCUT2D eigenvalue weighted by Crippen LogP contribution is -2.73. The average Bonchev–Trinajstić information content (AvgIpc) is 2.32. The number of piperidine rings is 2. The Balaban J connectivity index is 1.77. The van der Waals surface area contributed by atoms with Crippen molar-refractivity contribution in [2.75, 3.05) is 0 Å². The van der Waals surface area contributed by atoms with Crippen LogP contribution >= 0.6 is 0 Å². The van der Waals surface area contributed by atoms with Gasteiger partial charge in [-0.15, -0.1) is 5.10 Å². The molecule has 3 aliphatic rings. The molecule has 1 saturated carbocycles. The molecule has 8 heteroatoms. The molecule has 1 aromatic rings. The second-order valence-electron chi connectivity index (χ2n) is 4.43. The van der Waals surface area contributed by atoms with Crippen molar-refractivity contribution in [2.45, 2.75) is 18.4 Å². The molecule has 18 heavy (non-hydrogen) atoms. The summed E-state index contributed by atoms with van der Waals surface area (Å²) in [4.78, 5) is 38.6. The zero-order valence-corrected chi connectivity index (χ0v) is 9.21. The van der Waals surface area contributed by atoms with E-state index in [9.17, 15) is 14.4 Å². The number of nitrogens with zero attached hydrogens (tertiary/aromatic N) is 3. The molecule has 8 nitrogen and oxygen atoms in total. The van der Waals surface area contributed by atoms with Crippen LogP contribution in [-0.2, 0) is 9.59 Å². The van der Waals surface area contributed by atoms with E-state index in [0.717, 1.165) is 0 Å². The highest BCUT2D eigenvalue weighted by Crippen LogP contribution is 2.41. The van der Waals surface area contributed by atoms with Gasteiger partial charge in [0.1, 0.15) is 5.54 Å². The van der Waals surface area contributed by atoms with Gasteiger partial charge >= 0.3 is 0 Å². The van der Waals surface area contributed by atoms with Gasteiger partial charge in [0.25, 0.3) is 11.8 Å². The van der Waals surface area contributed by atoms with Crippen LogP contribution in [0.5, 0.6) is 0 Å². The molecule has 92 valence electrons. The predicted molar refractivity (Wildman–Crippen MR) is 55.9 cm³/mol. The van der Waals surface area contributed by atoms with Gasteiger partial charge in [-0.1, -0.05) is 0 Å². The molecular weight excluding hydrogens is 238 g/mol. The van der Waals surface area contributed by atoms with E-state index in [1.54, 1.807) is 0 Å². The fraction of sp³-hybridized carbons (Fsp3) is 0.400. The van der Waals surface area contributed by atoms with E-state index in [2.05, 4.69) is 25.8 Å². The molecule has 0 unspecified atom stereocenters. The molecule has 2 aliphatic heterocycles. The highest BCUT2D eigenvalue weighted by atomic mass is 16.2. The third-order valence-corrected chi connectivity index (χ3v) is 3.27. The normalized spacial score (nSPS) is 29.2. The van der Waals surface area contributed by atoms with E-state index in [1.807, 2.05) is 0 Å². The summed E-state index contributed by atoms with van der Waals surface area (Å²) in [5.41, 5.74) is -0.991. The summed E-state index contributed by atoms with van der Waals surface area (Å²) in [6.07, 6.45) is 3.36. The Morgan fingerprint density at radius 2 is 2.17 bits per heavy atom. The monoisotopic (exact) mass is 247 g/mol. The van der Waals surface area contributed by atoms with Gasteiger partial charge in [0.2, 0.25) is 11.7 Å². The minimum atomic E-state index is -0.991. The van der Waals surface area contributed by atoms with Gasteiger partial charge in [0.15, 0.2) is 0 Å². The third kappa shape index (κ3) is 1.45. The number of carbonyl (C=O) groups excluding carboxylic acids is 3. The smallest absolute Gasteiger partial charge is 0.291 e. The molecule has 1 aliphatic carbocycles. The molecule has 0 aromatic carbocycles. The highest BCUT2D eigenvalue weighted by Gasteiger charge is 2.58. The first-order valence-electron chi connectivity index (χ1n) is 5.42. The summed E-state index contributed by atoms with van der Waals surface area (Å²) in [6.45, 7) is 0. The van der Waals surface area contributed by atoms with Crippen LogP contribution in [0.4, 0.5) is 0 Å². The highest BCUT2D eigenvalue weighted by molar-refractivity contribution is 6.09. The summed E-state index contributed by atoms with van der Waals surface area (Å²) < 4.78 is 0. The number of imide groups is 1. The van der Waals surface area contributed by atoms with Crippen LogP contribution in [0.3, 0.4) is 0 Å². The maximum Gasteiger partial charge on any atom is 0.291 e. The SMILES string of the molecule is O=C(NC12CC(C1)C(=O)NC2=O)c1nccnn1. The predicted octanol–water partition coefficient (Wildman–Crippen LogP) is -1.59. The zero-order chi connectivity index (χ0) is 12.8. The lowest BCUT2D eigenvalue weighted by Gasteiger charge is -2.49. The number of hydrogen-bond acceptors (Lipinski definition) is 6. The number of amides is 3. The molecular formula is C10H9N5O3.